The number of nitrogens with zero attached hydrogens (tertiary/aromatic N) is 2. The smallest absolute Gasteiger partial charge is 0.277 e. The summed E-state index contributed by atoms with van der Waals surface area (Å²) in [6.45, 7) is 1.96. The Bertz CT molecular complexity index is 829. The summed E-state index contributed by atoms with van der Waals surface area (Å²) in [5.74, 6) is 0.998. The molecule has 1 amide bonds. The zero-order valence-electron chi connectivity index (χ0n) is 11.5. The number of aromatic nitrogens is 3. The second-order valence-corrected chi connectivity index (χ2v) is 5.46. The molecule has 6 heteroatoms. The normalized spacial score (nSPS) is 14.5. The molecule has 2 N–H and O–H groups in total. The lowest BCUT2D eigenvalue weighted by Crippen LogP contribution is -2.12. The molecule has 1 aliphatic rings. The third kappa shape index (κ3) is 2.18. The van der Waals surface area contributed by atoms with Gasteiger partial charge in [-0.1, -0.05) is 5.16 Å². The molecule has 21 heavy (non-hydrogen) atoms. The molecular formula is C15H14N4O2. The maximum atomic E-state index is 12.2. The predicted molar refractivity (Wildman–Crippen MR) is 77.3 cm³/mol. The van der Waals surface area contributed by atoms with Crippen molar-refractivity contribution < 1.29 is 9.32 Å². The number of carbonyl (C=O) groups excluding carboxylic acids is 1. The Balaban J connectivity index is 1.59. The van der Waals surface area contributed by atoms with Gasteiger partial charge in [-0.15, -0.1) is 0 Å². The molecule has 1 aromatic carbocycles. The van der Waals surface area contributed by atoms with Crippen LogP contribution in [0.1, 0.15) is 40.6 Å². The topological polar surface area (TPSA) is 83.8 Å². The number of nitrogens with one attached hydrogen (secondary N) is 2. The minimum absolute atomic E-state index is 0.257. The van der Waals surface area contributed by atoms with Crippen molar-refractivity contribution >= 4 is 22.5 Å². The van der Waals surface area contributed by atoms with Crippen LogP contribution in [0.2, 0.25) is 0 Å². The largest absolute Gasteiger partial charge is 0.360 e. The van der Waals surface area contributed by atoms with Crippen molar-refractivity contribution in [1.82, 2.24) is 15.4 Å². The van der Waals surface area contributed by atoms with Gasteiger partial charge in [0.2, 0.25) is 0 Å². The zero-order chi connectivity index (χ0) is 14.4. The first-order chi connectivity index (χ1) is 10.2. The van der Waals surface area contributed by atoms with Crippen LogP contribution < -0.4 is 5.32 Å². The monoisotopic (exact) mass is 282 g/mol. The maximum Gasteiger partial charge on any atom is 0.277 e. The number of hydrogen-bond donors (Lipinski definition) is 2. The summed E-state index contributed by atoms with van der Waals surface area (Å²) in [5, 5.41) is 14.6. The molecule has 1 saturated carbocycles. The number of hydrogen-bond acceptors (Lipinski definition) is 4. The quantitative estimate of drug-likeness (QED) is 0.773. The third-order valence-corrected chi connectivity index (χ3v) is 3.72. The van der Waals surface area contributed by atoms with Crippen LogP contribution in [0.25, 0.3) is 10.9 Å². The van der Waals surface area contributed by atoms with Crippen LogP contribution in [-0.4, -0.2) is 21.3 Å². The van der Waals surface area contributed by atoms with Crippen molar-refractivity contribution in [2.24, 2.45) is 0 Å². The molecule has 4 rings (SSSR count). The fraction of sp³-hybridized carbons (Fsp3) is 0.267. The van der Waals surface area contributed by atoms with Gasteiger partial charge in [-0.25, -0.2) is 0 Å². The van der Waals surface area contributed by atoms with E-state index in [9.17, 15) is 4.79 Å². The Labute approximate surface area is 120 Å². The molecule has 1 aliphatic carbocycles. The van der Waals surface area contributed by atoms with Crippen LogP contribution in [0.5, 0.6) is 0 Å². The second-order valence-electron chi connectivity index (χ2n) is 5.46. The van der Waals surface area contributed by atoms with E-state index in [1.807, 2.05) is 19.1 Å². The molecule has 0 aliphatic heterocycles. The van der Waals surface area contributed by atoms with Gasteiger partial charge in [-0.05, 0) is 37.5 Å². The number of H-pyrrole nitrogens is 1. The number of carbonyl (C=O) groups is 1. The fourth-order valence-electron chi connectivity index (χ4n) is 2.46. The predicted octanol–water partition coefficient (Wildman–Crippen LogP) is 2.99. The van der Waals surface area contributed by atoms with E-state index < -0.39 is 0 Å². The highest BCUT2D eigenvalue weighted by Gasteiger charge is 2.28. The molecule has 0 atom stereocenters. The van der Waals surface area contributed by atoms with Gasteiger partial charge in [0.15, 0.2) is 5.69 Å². The van der Waals surface area contributed by atoms with Crippen LogP contribution in [-0.2, 0) is 0 Å². The van der Waals surface area contributed by atoms with Gasteiger partial charge < -0.3 is 9.84 Å². The summed E-state index contributed by atoms with van der Waals surface area (Å²) in [6.07, 6.45) is 4.04. The van der Waals surface area contributed by atoms with E-state index in [2.05, 4.69) is 20.7 Å². The van der Waals surface area contributed by atoms with Crippen molar-refractivity contribution in [3.05, 3.63) is 41.4 Å². The summed E-state index contributed by atoms with van der Waals surface area (Å²) < 4.78 is 5.20. The van der Waals surface area contributed by atoms with Gasteiger partial charge in [0.25, 0.3) is 5.91 Å². The molecule has 0 spiro atoms. The molecule has 106 valence electrons. The first-order valence-electron chi connectivity index (χ1n) is 6.93. The molecule has 0 saturated heterocycles. The highest BCUT2D eigenvalue weighted by molar-refractivity contribution is 6.04. The summed E-state index contributed by atoms with van der Waals surface area (Å²) >= 11 is 0. The van der Waals surface area contributed by atoms with E-state index in [-0.39, 0.29) is 5.91 Å². The van der Waals surface area contributed by atoms with Crippen LogP contribution in [0.15, 0.2) is 28.9 Å². The minimum Gasteiger partial charge on any atom is -0.360 e. The van der Waals surface area contributed by atoms with Gasteiger partial charge in [0.05, 0.1) is 5.52 Å². The van der Waals surface area contributed by atoms with Gasteiger partial charge in [-0.2, -0.15) is 5.10 Å². The maximum absolute atomic E-state index is 12.2. The average molecular weight is 282 g/mol. The van der Waals surface area contributed by atoms with E-state index in [0.717, 1.165) is 40.8 Å². The Hall–Kier alpha value is -2.63. The standard InChI is InChI=1S/C15H14N4O2/c1-8-4-11(5-10-7-16-18-14(8)10)17-15(20)12-6-13(21-19-12)9-2-3-9/h4-7,9H,2-3H2,1H3,(H,16,18)(H,17,20). The number of rotatable bonds is 3. The molecule has 0 unspecified atom stereocenters. The minimum atomic E-state index is -0.257. The average Bonchev–Trinajstić information content (AvgIpc) is 3.01. The van der Waals surface area contributed by atoms with Crippen molar-refractivity contribution in [3.63, 3.8) is 0 Å². The first-order valence-corrected chi connectivity index (χ1v) is 6.93. The number of aryl methyl sites for hydroxylation is 1. The molecule has 3 aromatic rings. The van der Waals surface area contributed by atoms with Gasteiger partial charge in [0.1, 0.15) is 5.76 Å². The molecule has 2 aromatic heterocycles. The van der Waals surface area contributed by atoms with Crippen molar-refractivity contribution in [2.75, 3.05) is 5.32 Å². The van der Waals surface area contributed by atoms with E-state index in [1.165, 1.54) is 0 Å². The zero-order valence-corrected chi connectivity index (χ0v) is 11.5. The lowest BCUT2D eigenvalue weighted by atomic mass is 10.1. The molecule has 1 fully saturated rings. The first kappa shape index (κ1) is 12.1. The van der Waals surface area contributed by atoms with E-state index in [0.29, 0.717) is 11.6 Å². The summed E-state index contributed by atoms with van der Waals surface area (Å²) in [6, 6.07) is 5.50. The lowest BCUT2D eigenvalue weighted by molar-refractivity contribution is 0.101. The number of benzene rings is 1. The Morgan fingerprint density at radius 2 is 2.24 bits per heavy atom. The molecular weight excluding hydrogens is 268 g/mol. The molecule has 6 nitrogen and oxygen atoms in total. The van der Waals surface area contributed by atoms with Crippen LogP contribution in [0.4, 0.5) is 5.69 Å². The highest BCUT2D eigenvalue weighted by atomic mass is 16.5. The van der Waals surface area contributed by atoms with E-state index in [1.54, 1.807) is 12.3 Å². The molecule has 2 heterocycles. The van der Waals surface area contributed by atoms with Gasteiger partial charge >= 0.3 is 0 Å². The molecule has 0 bridgehead atoms. The van der Waals surface area contributed by atoms with E-state index >= 15 is 0 Å². The highest BCUT2D eigenvalue weighted by Crippen LogP contribution is 2.40. The molecule has 0 radical (unpaired) electrons. The summed E-state index contributed by atoms with van der Waals surface area (Å²) in [5.41, 5.74) is 2.96. The summed E-state index contributed by atoms with van der Waals surface area (Å²) in [4.78, 5) is 12.2. The Morgan fingerprint density at radius 3 is 3.05 bits per heavy atom. The number of anilines is 1. The van der Waals surface area contributed by atoms with Crippen molar-refractivity contribution in [3.8, 4) is 0 Å². The van der Waals surface area contributed by atoms with E-state index in [4.69, 9.17) is 4.52 Å². The van der Waals surface area contributed by atoms with Crippen LogP contribution in [0.3, 0.4) is 0 Å². The summed E-state index contributed by atoms with van der Waals surface area (Å²) in [7, 11) is 0. The van der Waals surface area contributed by atoms with Gasteiger partial charge in [-0.3, -0.25) is 9.89 Å². The third-order valence-electron chi connectivity index (χ3n) is 3.72. The van der Waals surface area contributed by atoms with Crippen molar-refractivity contribution in [2.45, 2.75) is 25.7 Å². The Kier molecular flexibility index (Phi) is 2.57. The fourth-order valence-corrected chi connectivity index (χ4v) is 2.46. The number of fused-ring (bicyclic) bond motifs is 1. The number of amides is 1. The SMILES string of the molecule is Cc1cc(NC(=O)c2cc(C3CC3)on2)cc2c[nH]nc12. The van der Waals surface area contributed by atoms with Gasteiger partial charge in [0, 0.05) is 29.3 Å². The second kappa shape index (κ2) is 4.44. The Morgan fingerprint density at radius 1 is 1.38 bits per heavy atom. The van der Waals surface area contributed by atoms with Crippen LogP contribution in [0, 0.1) is 6.92 Å². The van der Waals surface area contributed by atoms with Crippen LogP contribution >= 0.6 is 0 Å². The lowest BCUT2D eigenvalue weighted by Gasteiger charge is -2.04. The number of aromatic amines is 1. The van der Waals surface area contributed by atoms with Crippen molar-refractivity contribution in [1.29, 1.82) is 0 Å².